The van der Waals surface area contributed by atoms with Crippen LogP contribution in [-0.2, 0) is 6.42 Å². The number of para-hydroxylation sites is 2. The van der Waals surface area contributed by atoms with Crippen molar-refractivity contribution in [2.75, 3.05) is 18.4 Å². The molecular weight excluding hydrogens is 440 g/mol. The maximum atomic E-state index is 6.70. The summed E-state index contributed by atoms with van der Waals surface area (Å²) < 4.78 is 9.07. The average Bonchev–Trinajstić information content (AvgIpc) is 3.12. The fourth-order valence-electron chi connectivity index (χ4n) is 5.61. The number of nitrogens with one attached hydrogen (secondary N) is 1. The SMILES string of the molecule is CC[N+](CC)=c1ccc2cc3c(oc-2c1)C(=CC=C1c2ccccc2Nc2ccccc21)CCCC3. The molecule has 4 aliphatic rings. The van der Waals surface area contributed by atoms with Crippen LogP contribution in [0.1, 0.15) is 55.6 Å². The van der Waals surface area contributed by atoms with Gasteiger partial charge in [-0.05, 0) is 80.5 Å². The summed E-state index contributed by atoms with van der Waals surface area (Å²) in [6.07, 6.45) is 9.07. The summed E-state index contributed by atoms with van der Waals surface area (Å²) in [6.45, 7) is 6.38. The molecule has 3 nitrogen and oxygen atoms in total. The van der Waals surface area contributed by atoms with Gasteiger partial charge in [0.1, 0.15) is 24.6 Å². The Morgan fingerprint density at radius 1 is 0.806 bits per heavy atom. The van der Waals surface area contributed by atoms with Gasteiger partial charge in [-0.25, -0.2) is 4.58 Å². The van der Waals surface area contributed by atoms with E-state index in [1.54, 1.807) is 0 Å². The topological polar surface area (TPSA) is 28.2 Å². The van der Waals surface area contributed by atoms with Crippen molar-refractivity contribution >= 4 is 22.5 Å². The maximum Gasteiger partial charge on any atom is 0.203 e. The number of fused-ring (bicyclic) bond motifs is 4. The molecule has 2 aromatic carbocycles. The van der Waals surface area contributed by atoms with Gasteiger partial charge < -0.3 is 9.73 Å². The van der Waals surface area contributed by atoms with E-state index in [0.717, 1.165) is 48.8 Å². The van der Waals surface area contributed by atoms with Crippen LogP contribution >= 0.6 is 0 Å². The Balaban J connectivity index is 1.51. The van der Waals surface area contributed by atoms with Crippen molar-refractivity contribution in [3.8, 4) is 11.3 Å². The molecule has 0 saturated carbocycles. The van der Waals surface area contributed by atoms with Gasteiger partial charge in [-0.15, -0.1) is 0 Å². The number of nitrogens with zero attached hydrogens (tertiary/aromatic N) is 1. The van der Waals surface area contributed by atoms with E-state index in [1.807, 2.05) is 0 Å². The molecule has 0 radical (unpaired) electrons. The molecule has 2 heterocycles. The third-order valence-corrected chi connectivity index (χ3v) is 7.55. The van der Waals surface area contributed by atoms with E-state index < -0.39 is 0 Å². The highest BCUT2D eigenvalue weighted by Crippen LogP contribution is 2.41. The number of rotatable bonds is 3. The number of allylic oxidation sites excluding steroid dienone is 3. The number of benzene rings is 3. The van der Waals surface area contributed by atoms with Crippen molar-refractivity contribution in [2.24, 2.45) is 0 Å². The molecule has 0 unspecified atom stereocenters. The zero-order valence-corrected chi connectivity index (χ0v) is 21.2. The average molecular weight is 474 g/mol. The number of aryl methyl sites for hydroxylation is 1. The van der Waals surface area contributed by atoms with Crippen LogP contribution in [0.15, 0.2) is 89.4 Å². The normalized spacial score (nSPS) is 15.5. The molecule has 1 N–H and O–H groups in total. The molecule has 0 spiro atoms. The molecule has 0 saturated heterocycles. The van der Waals surface area contributed by atoms with E-state index >= 15 is 0 Å². The highest BCUT2D eigenvalue weighted by molar-refractivity contribution is 5.97. The zero-order valence-electron chi connectivity index (χ0n) is 21.2. The van der Waals surface area contributed by atoms with Gasteiger partial charge in [0.15, 0.2) is 0 Å². The second-order valence-electron chi connectivity index (χ2n) is 9.69. The molecule has 0 bridgehead atoms. The first-order chi connectivity index (χ1) is 17.7. The minimum Gasteiger partial charge on any atom is -0.456 e. The van der Waals surface area contributed by atoms with E-state index in [9.17, 15) is 0 Å². The fraction of sp³-hybridized carbons (Fsp3) is 0.242. The number of anilines is 2. The molecule has 0 amide bonds. The van der Waals surface area contributed by atoms with Crippen LogP contribution in [0.25, 0.3) is 22.5 Å². The third kappa shape index (κ3) is 4.09. The Morgan fingerprint density at radius 2 is 1.50 bits per heavy atom. The van der Waals surface area contributed by atoms with Gasteiger partial charge in [0.2, 0.25) is 5.36 Å². The molecule has 0 aromatic heterocycles. The van der Waals surface area contributed by atoms with Crippen LogP contribution in [0, 0.1) is 0 Å². The Hall–Kier alpha value is -3.85. The van der Waals surface area contributed by atoms with Crippen molar-refractivity contribution in [1.29, 1.82) is 0 Å². The van der Waals surface area contributed by atoms with Gasteiger partial charge in [-0.1, -0.05) is 48.6 Å². The summed E-state index contributed by atoms with van der Waals surface area (Å²) in [5.74, 6) is 2.03. The van der Waals surface area contributed by atoms with Gasteiger partial charge in [0, 0.05) is 34.1 Å². The summed E-state index contributed by atoms with van der Waals surface area (Å²) in [7, 11) is 0. The van der Waals surface area contributed by atoms with Gasteiger partial charge >= 0.3 is 0 Å². The van der Waals surface area contributed by atoms with E-state index in [2.05, 4.69) is 109 Å². The van der Waals surface area contributed by atoms with E-state index in [4.69, 9.17) is 4.42 Å². The molecule has 6 rings (SSSR count). The van der Waals surface area contributed by atoms with Crippen LogP contribution < -0.4 is 15.2 Å². The van der Waals surface area contributed by atoms with Gasteiger partial charge in [-0.3, -0.25) is 0 Å². The van der Waals surface area contributed by atoms with Gasteiger partial charge in [0.25, 0.3) is 0 Å². The highest BCUT2D eigenvalue weighted by atomic mass is 16.3. The maximum absolute atomic E-state index is 6.70. The van der Waals surface area contributed by atoms with E-state index in [1.165, 1.54) is 51.6 Å². The quantitative estimate of drug-likeness (QED) is 0.217. The van der Waals surface area contributed by atoms with Crippen LogP contribution in [0.2, 0.25) is 0 Å². The lowest BCUT2D eigenvalue weighted by molar-refractivity contribution is 0.539. The van der Waals surface area contributed by atoms with Gasteiger partial charge in [-0.2, -0.15) is 0 Å². The van der Waals surface area contributed by atoms with Crippen LogP contribution in [0.4, 0.5) is 11.4 Å². The zero-order chi connectivity index (χ0) is 24.5. The Bertz CT molecular complexity index is 1480. The summed E-state index contributed by atoms with van der Waals surface area (Å²) >= 11 is 0. The molecule has 36 heavy (non-hydrogen) atoms. The third-order valence-electron chi connectivity index (χ3n) is 7.55. The first kappa shape index (κ1) is 22.6. The summed E-state index contributed by atoms with van der Waals surface area (Å²) in [4.78, 5) is 0. The number of hydrogen-bond donors (Lipinski definition) is 1. The standard InChI is InChI=1S/C33H32N2O/c1-3-35(4-2)26-19-17-24-21-25-12-6-5-11-23(33(25)36-32(24)22-26)18-20-27-28-13-7-9-15-30(28)34-31-16-10-8-14-29(27)31/h7-10,13-22H,3-6,11-12H2,1-2H3/p+1. The lowest BCUT2D eigenvalue weighted by Gasteiger charge is -2.24. The Labute approximate surface area is 213 Å². The van der Waals surface area contributed by atoms with E-state index in [0.29, 0.717) is 0 Å². The Kier molecular flexibility index (Phi) is 6.06. The highest BCUT2D eigenvalue weighted by Gasteiger charge is 2.21. The Morgan fingerprint density at radius 3 is 2.22 bits per heavy atom. The summed E-state index contributed by atoms with van der Waals surface area (Å²) in [5.41, 5.74) is 9.84. The van der Waals surface area contributed by atoms with E-state index in [-0.39, 0.29) is 0 Å². The molecule has 180 valence electrons. The van der Waals surface area contributed by atoms with Crippen LogP contribution in [0.3, 0.4) is 0 Å². The predicted molar refractivity (Wildman–Crippen MR) is 150 cm³/mol. The lowest BCUT2D eigenvalue weighted by atomic mass is 9.90. The molecule has 2 aliphatic heterocycles. The minimum absolute atomic E-state index is 0.969. The first-order valence-corrected chi connectivity index (χ1v) is 13.3. The van der Waals surface area contributed by atoms with Crippen LogP contribution in [-0.4, -0.2) is 13.1 Å². The second-order valence-corrected chi connectivity index (χ2v) is 9.69. The summed E-state index contributed by atoms with van der Waals surface area (Å²) in [5, 5.41) is 4.82. The van der Waals surface area contributed by atoms with Gasteiger partial charge in [0.05, 0.1) is 6.07 Å². The van der Waals surface area contributed by atoms with Crippen molar-refractivity contribution in [3.63, 3.8) is 0 Å². The number of hydrogen-bond acceptors (Lipinski definition) is 2. The molecule has 2 aromatic rings. The second kappa shape index (κ2) is 9.66. The molecule has 2 aliphatic carbocycles. The predicted octanol–water partition coefficient (Wildman–Crippen LogP) is 7.50. The molecular formula is C33H33N2O+. The fourth-order valence-corrected chi connectivity index (χ4v) is 5.61. The monoisotopic (exact) mass is 473 g/mol. The largest absolute Gasteiger partial charge is 0.456 e. The molecule has 0 fully saturated rings. The lowest BCUT2D eigenvalue weighted by Crippen LogP contribution is -2.29. The van der Waals surface area contributed by atoms with Crippen molar-refractivity contribution in [2.45, 2.75) is 39.5 Å². The molecule has 3 heteroatoms. The van der Waals surface area contributed by atoms with Crippen molar-refractivity contribution in [3.05, 3.63) is 113 Å². The smallest absolute Gasteiger partial charge is 0.203 e. The first-order valence-electron chi connectivity index (χ1n) is 13.3. The van der Waals surface area contributed by atoms with Crippen molar-refractivity contribution in [1.82, 2.24) is 4.58 Å². The minimum atomic E-state index is 0.969. The summed E-state index contributed by atoms with van der Waals surface area (Å²) in [6, 6.07) is 26.1. The van der Waals surface area contributed by atoms with Crippen LogP contribution in [0.5, 0.6) is 0 Å². The molecule has 0 atom stereocenters. The van der Waals surface area contributed by atoms with Crippen molar-refractivity contribution < 1.29 is 4.42 Å².